The number of aromatic nitrogens is 2. The fourth-order valence-corrected chi connectivity index (χ4v) is 4.34. The second kappa shape index (κ2) is 11.0. The number of thioether (sulfide) groups is 2. The summed E-state index contributed by atoms with van der Waals surface area (Å²) in [6.07, 6.45) is 0.675. The fraction of sp³-hybridized carbons (Fsp3) is 0.182. The van der Waals surface area contributed by atoms with Gasteiger partial charge in [0.1, 0.15) is 5.82 Å². The average Bonchev–Trinajstić information content (AvgIpc) is 2.77. The monoisotopic (exact) mass is 469 g/mol. The van der Waals surface area contributed by atoms with Crippen LogP contribution in [-0.2, 0) is 11.2 Å². The minimum atomic E-state index is -0.183. The van der Waals surface area contributed by atoms with Crippen molar-refractivity contribution in [1.82, 2.24) is 9.97 Å². The van der Waals surface area contributed by atoms with Crippen LogP contribution in [0, 0.1) is 11.3 Å². The smallest absolute Gasteiger partial charge is 0.234 e. The van der Waals surface area contributed by atoms with Crippen molar-refractivity contribution in [3.05, 3.63) is 59.2 Å². The second-order valence-corrected chi connectivity index (χ2v) is 8.75. The number of anilines is 2. The molecule has 0 saturated heterocycles. The molecule has 0 aliphatic heterocycles. The lowest BCUT2D eigenvalue weighted by molar-refractivity contribution is -0.113. The number of benzene rings is 2. The molecule has 158 valence electrons. The van der Waals surface area contributed by atoms with Crippen LogP contribution in [-0.4, -0.2) is 27.4 Å². The van der Waals surface area contributed by atoms with Gasteiger partial charge in [0.2, 0.25) is 5.91 Å². The van der Waals surface area contributed by atoms with Gasteiger partial charge in [-0.2, -0.15) is 5.26 Å². The Morgan fingerprint density at radius 2 is 1.90 bits per heavy atom. The molecule has 31 heavy (non-hydrogen) atoms. The zero-order valence-electron chi connectivity index (χ0n) is 16.8. The van der Waals surface area contributed by atoms with Crippen molar-refractivity contribution in [2.75, 3.05) is 22.6 Å². The van der Waals surface area contributed by atoms with Crippen LogP contribution in [0.2, 0.25) is 5.02 Å². The van der Waals surface area contributed by atoms with E-state index in [0.29, 0.717) is 33.9 Å². The number of para-hydroxylation sites is 1. The summed E-state index contributed by atoms with van der Waals surface area (Å²) in [5, 5.41) is 12.8. The van der Waals surface area contributed by atoms with Gasteiger partial charge in [-0.1, -0.05) is 54.6 Å². The van der Waals surface area contributed by atoms with Crippen LogP contribution in [0.4, 0.5) is 11.5 Å². The Morgan fingerprint density at radius 1 is 1.16 bits per heavy atom. The fourth-order valence-electron chi connectivity index (χ4n) is 2.88. The van der Waals surface area contributed by atoms with Crippen molar-refractivity contribution >= 4 is 52.5 Å². The molecule has 0 aliphatic rings. The van der Waals surface area contributed by atoms with Gasteiger partial charge in [0.25, 0.3) is 0 Å². The number of rotatable bonds is 8. The first kappa shape index (κ1) is 22.9. The quantitative estimate of drug-likeness (QED) is 0.341. The third kappa shape index (κ3) is 6.14. The summed E-state index contributed by atoms with van der Waals surface area (Å²) in [6, 6.07) is 16.9. The molecule has 0 saturated carbocycles. The molecule has 3 rings (SSSR count). The summed E-state index contributed by atoms with van der Waals surface area (Å²) < 4.78 is 0. The van der Waals surface area contributed by atoms with Crippen molar-refractivity contribution < 1.29 is 4.79 Å². The molecule has 0 fully saturated rings. The Kier molecular flexibility index (Phi) is 8.18. The topological polar surface area (TPSA) is 105 Å². The van der Waals surface area contributed by atoms with E-state index in [4.69, 9.17) is 22.6 Å². The molecule has 0 unspecified atom stereocenters. The van der Waals surface area contributed by atoms with Crippen LogP contribution in [0.25, 0.3) is 11.1 Å². The SMILES string of the molecule is CCc1nc(SCC(=O)Nc2ccccc2SCC#N)nc(N)c1-c1ccc(Cl)cc1. The largest absolute Gasteiger partial charge is 0.383 e. The first-order valence-corrected chi connectivity index (χ1v) is 11.8. The van der Waals surface area contributed by atoms with Gasteiger partial charge in [0.15, 0.2) is 5.16 Å². The highest BCUT2D eigenvalue weighted by Gasteiger charge is 2.15. The van der Waals surface area contributed by atoms with Gasteiger partial charge in [-0.15, -0.1) is 11.8 Å². The maximum absolute atomic E-state index is 12.5. The molecule has 9 heteroatoms. The third-order valence-electron chi connectivity index (χ3n) is 4.24. The number of carbonyl (C=O) groups excluding carboxylic acids is 1. The van der Waals surface area contributed by atoms with E-state index in [2.05, 4.69) is 21.4 Å². The van der Waals surface area contributed by atoms with Crippen LogP contribution in [0.15, 0.2) is 58.6 Å². The number of nitriles is 1. The maximum Gasteiger partial charge on any atom is 0.234 e. The number of halogens is 1. The lowest BCUT2D eigenvalue weighted by Gasteiger charge is -2.13. The van der Waals surface area contributed by atoms with Gasteiger partial charge >= 0.3 is 0 Å². The molecule has 1 heterocycles. The predicted octanol–water partition coefficient (Wildman–Crippen LogP) is 5.29. The summed E-state index contributed by atoms with van der Waals surface area (Å²) in [5.41, 5.74) is 9.43. The molecule has 0 bridgehead atoms. The highest BCUT2D eigenvalue weighted by molar-refractivity contribution is 8.00. The van der Waals surface area contributed by atoms with E-state index in [1.165, 1.54) is 23.5 Å². The molecule has 0 spiro atoms. The Labute approximate surface area is 194 Å². The number of nitrogens with one attached hydrogen (secondary N) is 1. The van der Waals surface area contributed by atoms with E-state index < -0.39 is 0 Å². The molecule has 2 aromatic carbocycles. The lowest BCUT2D eigenvalue weighted by Crippen LogP contribution is -2.15. The van der Waals surface area contributed by atoms with Gasteiger partial charge in [-0.25, -0.2) is 9.97 Å². The normalized spacial score (nSPS) is 10.5. The number of amides is 1. The molecule has 1 amide bonds. The third-order valence-corrected chi connectivity index (χ3v) is 6.28. The molecular formula is C22H20ClN5OS2. The zero-order chi connectivity index (χ0) is 22.2. The van der Waals surface area contributed by atoms with Gasteiger partial charge in [0, 0.05) is 15.5 Å². The first-order valence-electron chi connectivity index (χ1n) is 9.45. The molecule has 1 aromatic heterocycles. The van der Waals surface area contributed by atoms with Crippen molar-refractivity contribution in [1.29, 1.82) is 5.26 Å². The molecule has 3 N–H and O–H groups in total. The summed E-state index contributed by atoms with van der Waals surface area (Å²) in [7, 11) is 0. The lowest BCUT2D eigenvalue weighted by atomic mass is 10.0. The Bertz CT molecular complexity index is 1120. The summed E-state index contributed by atoms with van der Waals surface area (Å²) in [5.74, 6) is 0.640. The van der Waals surface area contributed by atoms with Crippen LogP contribution >= 0.6 is 35.1 Å². The van der Waals surface area contributed by atoms with E-state index >= 15 is 0 Å². The highest BCUT2D eigenvalue weighted by atomic mass is 35.5. The summed E-state index contributed by atoms with van der Waals surface area (Å²) >= 11 is 8.59. The maximum atomic E-state index is 12.5. The molecular weight excluding hydrogens is 450 g/mol. The molecule has 3 aromatic rings. The van der Waals surface area contributed by atoms with Crippen molar-refractivity contribution in [3.63, 3.8) is 0 Å². The van der Waals surface area contributed by atoms with Gasteiger partial charge in [-0.05, 0) is 36.2 Å². The van der Waals surface area contributed by atoms with Crippen LogP contribution < -0.4 is 11.1 Å². The number of hydrogen-bond donors (Lipinski definition) is 2. The van der Waals surface area contributed by atoms with Crippen LogP contribution in [0.3, 0.4) is 0 Å². The van der Waals surface area contributed by atoms with Gasteiger partial charge in [0.05, 0.1) is 29.0 Å². The predicted molar refractivity (Wildman–Crippen MR) is 128 cm³/mol. The molecule has 0 atom stereocenters. The number of nitrogen functional groups attached to an aromatic ring is 1. The summed E-state index contributed by atoms with van der Waals surface area (Å²) in [6.45, 7) is 2.00. The number of nitrogens with zero attached hydrogens (tertiary/aromatic N) is 3. The average molecular weight is 470 g/mol. The standard InChI is InChI=1S/C22H20ClN5OS2/c1-2-16-20(14-7-9-15(23)10-8-14)21(25)28-22(27-16)31-13-19(29)26-17-5-3-4-6-18(17)30-12-11-24/h3-10H,2,12-13H2,1H3,(H,26,29)(H2,25,27,28). The number of hydrogen-bond acceptors (Lipinski definition) is 7. The number of nitrogens with two attached hydrogens (primary N) is 1. The van der Waals surface area contributed by atoms with Crippen LogP contribution in [0.1, 0.15) is 12.6 Å². The Morgan fingerprint density at radius 3 is 2.61 bits per heavy atom. The van der Waals surface area contributed by atoms with Gasteiger partial charge in [-0.3, -0.25) is 4.79 Å². The number of carbonyl (C=O) groups is 1. The van der Waals surface area contributed by atoms with Crippen molar-refractivity contribution in [2.24, 2.45) is 0 Å². The zero-order valence-corrected chi connectivity index (χ0v) is 19.2. The van der Waals surface area contributed by atoms with Crippen molar-refractivity contribution in [2.45, 2.75) is 23.4 Å². The van der Waals surface area contributed by atoms with Crippen LogP contribution in [0.5, 0.6) is 0 Å². The van der Waals surface area contributed by atoms with Crippen molar-refractivity contribution in [3.8, 4) is 17.2 Å². The van der Waals surface area contributed by atoms with E-state index in [1.807, 2.05) is 43.3 Å². The Hall–Kier alpha value is -2.73. The van der Waals surface area contributed by atoms with E-state index in [9.17, 15) is 4.79 Å². The molecule has 6 nitrogen and oxygen atoms in total. The van der Waals surface area contributed by atoms with E-state index in [1.54, 1.807) is 12.1 Å². The first-order chi connectivity index (χ1) is 15.0. The highest BCUT2D eigenvalue weighted by Crippen LogP contribution is 2.31. The Balaban J connectivity index is 1.71. The summed E-state index contributed by atoms with van der Waals surface area (Å²) in [4.78, 5) is 22.3. The van der Waals surface area contributed by atoms with E-state index in [-0.39, 0.29) is 11.7 Å². The molecule has 0 radical (unpaired) electrons. The minimum Gasteiger partial charge on any atom is -0.383 e. The second-order valence-electron chi connectivity index (χ2n) is 6.35. The number of aryl methyl sites for hydroxylation is 1. The van der Waals surface area contributed by atoms with Gasteiger partial charge < -0.3 is 11.1 Å². The minimum absolute atomic E-state index is 0.139. The van der Waals surface area contributed by atoms with E-state index in [0.717, 1.165) is 21.7 Å². The molecule has 0 aliphatic carbocycles.